The Morgan fingerprint density at radius 1 is 1.56 bits per heavy atom. The molecule has 0 saturated heterocycles. The van der Waals surface area contributed by atoms with Crippen LogP contribution in [0.4, 0.5) is 0 Å². The van der Waals surface area contributed by atoms with Crippen molar-refractivity contribution in [3.63, 3.8) is 0 Å². The Bertz CT molecular complexity index is 482. The van der Waals surface area contributed by atoms with Gasteiger partial charge in [-0.05, 0) is 12.1 Å². The van der Waals surface area contributed by atoms with Gasteiger partial charge in [-0.3, -0.25) is 4.79 Å². The molecule has 1 heterocycles. The summed E-state index contributed by atoms with van der Waals surface area (Å²) in [5.41, 5.74) is 0. The summed E-state index contributed by atoms with van der Waals surface area (Å²) in [6, 6.07) is 2.89. The van der Waals surface area contributed by atoms with Crippen LogP contribution in [0.25, 0.3) is 0 Å². The first-order valence-corrected chi connectivity index (χ1v) is 6.80. The maximum absolute atomic E-state index is 11.9. The fourth-order valence-corrected chi connectivity index (χ4v) is 3.73. The van der Waals surface area contributed by atoms with Gasteiger partial charge in [0.05, 0.1) is 11.4 Å². The molecule has 0 amide bonds. The van der Waals surface area contributed by atoms with Crippen molar-refractivity contribution in [1.82, 2.24) is 4.31 Å². The summed E-state index contributed by atoms with van der Waals surface area (Å²) >= 11 is 6.59. The molecule has 0 fully saturated rings. The molecule has 0 aromatic carbocycles. The van der Waals surface area contributed by atoms with Crippen LogP contribution in [0.1, 0.15) is 0 Å². The second-order valence-corrected chi connectivity index (χ2v) is 6.88. The van der Waals surface area contributed by atoms with Gasteiger partial charge in [0.25, 0.3) is 10.0 Å². The van der Waals surface area contributed by atoms with E-state index < -0.39 is 16.0 Å². The van der Waals surface area contributed by atoms with Crippen LogP contribution in [0.2, 0.25) is 4.34 Å². The molecule has 0 saturated carbocycles. The molecular weight excluding hydrogens is 274 g/mol. The molecule has 0 aliphatic rings. The number of hydrogen-bond donors (Lipinski definition) is 0. The average molecular weight is 284 g/mol. The Labute approximate surface area is 103 Å². The predicted molar refractivity (Wildman–Crippen MR) is 61.2 cm³/mol. The number of halogens is 1. The summed E-state index contributed by atoms with van der Waals surface area (Å²) in [6.07, 6.45) is 0. The third kappa shape index (κ3) is 2.94. The van der Waals surface area contributed by atoms with Crippen molar-refractivity contribution in [3.05, 3.63) is 16.5 Å². The Morgan fingerprint density at radius 2 is 2.19 bits per heavy atom. The highest BCUT2D eigenvalue weighted by atomic mass is 35.5. The average Bonchev–Trinajstić information content (AvgIpc) is 2.65. The highest BCUT2D eigenvalue weighted by Crippen LogP contribution is 2.27. The summed E-state index contributed by atoms with van der Waals surface area (Å²) in [4.78, 5) is 11.0. The van der Waals surface area contributed by atoms with E-state index in [0.29, 0.717) is 4.34 Å². The number of thiophene rings is 1. The van der Waals surface area contributed by atoms with Crippen molar-refractivity contribution in [2.45, 2.75) is 4.21 Å². The largest absolute Gasteiger partial charge is 0.468 e. The first kappa shape index (κ1) is 13.4. The van der Waals surface area contributed by atoms with E-state index in [-0.39, 0.29) is 10.8 Å². The first-order chi connectivity index (χ1) is 7.37. The standard InChI is InChI=1S/C8H10ClNO4S2/c1-10(5-7(11)14-2)16(12,13)8-4-3-6(9)15-8/h3-4H,5H2,1-2H3. The fourth-order valence-electron chi connectivity index (χ4n) is 0.921. The summed E-state index contributed by atoms with van der Waals surface area (Å²) in [5.74, 6) is -0.617. The molecule has 5 nitrogen and oxygen atoms in total. The Kier molecular flexibility index (Phi) is 4.31. The summed E-state index contributed by atoms with van der Waals surface area (Å²) in [6.45, 7) is -0.325. The number of hydrogen-bond acceptors (Lipinski definition) is 5. The smallest absolute Gasteiger partial charge is 0.321 e. The number of carbonyl (C=O) groups excluding carboxylic acids is 1. The molecule has 0 aliphatic heterocycles. The minimum Gasteiger partial charge on any atom is -0.468 e. The third-order valence-corrected chi connectivity index (χ3v) is 5.29. The zero-order valence-corrected chi connectivity index (χ0v) is 11.0. The zero-order chi connectivity index (χ0) is 12.3. The van der Waals surface area contributed by atoms with Crippen LogP contribution in [0.5, 0.6) is 0 Å². The first-order valence-electron chi connectivity index (χ1n) is 4.16. The maximum atomic E-state index is 11.9. The van der Waals surface area contributed by atoms with Crippen molar-refractivity contribution in [3.8, 4) is 0 Å². The van der Waals surface area contributed by atoms with Crippen molar-refractivity contribution in [2.24, 2.45) is 0 Å². The molecule has 0 spiro atoms. The number of nitrogens with zero attached hydrogens (tertiary/aromatic N) is 1. The maximum Gasteiger partial charge on any atom is 0.321 e. The lowest BCUT2D eigenvalue weighted by atomic mass is 10.7. The molecule has 8 heteroatoms. The number of carbonyl (C=O) groups is 1. The predicted octanol–water partition coefficient (Wildman–Crippen LogP) is 1.19. The van der Waals surface area contributed by atoms with Gasteiger partial charge in [-0.1, -0.05) is 11.6 Å². The van der Waals surface area contributed by atoms with Gasteiger partial charge in [-0.2, -0.15) is 4.31 Å². The number of esters is 1. The van der Waals surface area contributed by atoms with Gasteiger partial charge >= 0.3 is 5.97 Å². The molecule has 0 atom stereocenters. The van der Waals surface area contributed by atoms with Crippen LogP contribution < -0.4 is 0 Å². The lowest BCUT2D eigenvalue weighted by molar-refractivity contribution is -0.140. The van der Waals surface area contributed by atoms with E-state index in [2.05, 4.69) is 4.74 Å². The fraction of sp³-hybridized carbons (Fsp3) is 0.375. The molecule has 0 bridgehead atoms. The third-order valence-electron chi connectivity index (χ3n) is 1.79. The lowest BCUT2D eigenvalue weighted by Gasteiger charge is -2.13. The van der Waals surface area contributed by atoms with Gasteiger partial charge in [0.2, 0.25) is 0 Å². The molecule has 1 aromatic rings. The molecule has 16 heavy (non-hydrogen) atoms. The molecule has 0 aliphatic carbocycles. The lowest BCUT2D eigenvalue weighted by Crippen LogP contribution is -2.32. The van der Waals surface area contributed by atoms with E-state index in [0.717, 1.165) is 15.6 Å². The van der Waals surface area contributed by atoms with Crippen molar-refractivity contribution < 1.29 is 17.9 Å². The summed E-state index contributed by atoms with van der Waals surface area (Å²) in [7, 11) is -1.15. The van der Waals surface area contributed by atoms with Crippen LogP contribution in [-0.2, 0) is 19.6 Å². The Balaban J connectivity index is 2.90. The van der Waals surface area contributed by atoms with E-state index in [1.165, 1.54) is 26.3 Å². The highest BCUT2D eigenvalue weighted by Gasteiger charge is 2.24. The van der Waals surface area contributed by atoms with Crippen molar-refractivity contribution in [1.29, 1.82) is 0 Å². The molecule has 0 N–H and O–H groups in total. The number of rotatable bonds is 4. The van der Waals surface area contributed by atoms with E-state index in [9.17, 15) is 13.2 Å². The minimum absolute atomic E-state index is 0.101. The number of ether oxygens (including phenoxy) is 1. The summed E-state index contributed by atoms with van der Waals surface area (Å²) in [5, 5.41) is 0. The second-order valence-electron chi connectivity index (χ2n) is 2.90. The normalized spacial score (nSPS) is 11.8. The van der Waals surface area contributed by atoms with Gasteiger partial charge in [-0.15, -0.1) is 11.3 Å². The van der Waals surface area contributed by atoms with E-state index in [4.69, 9.17) is 11.6 Å². The van der Waals surface area contributed by atoms with Crippen LogP contribution in [-0.4, -0.2) is 39.4 Å². The van der Waals surface area contributed by atoms with E-state index in [1.807, 2.05) is 0 Å². The molecule has 0 radical (unpaired) electrons. The quantitative estimate of drug-likeness (QED) is 0.779. The van der Waals surface area contributed by atoms with Gasteiger partial charge in [-0.25, -0.2) is 8.42 Å². The Morgan fingerprint density at radius 3 is 2.62 bits per heavy atom. The number of methoxy groups -OCH3 is 1. The monoisotopic (exact) mass is 283 g/mol. The van der Waals surface area contributed by atoms with Gasteiger partial charge in [0, 0.05) is 7.05 Å². The minimum atomic E-state index is -3.66. The van der Waals surface area contributed by atoms with Crippen LogP contribution >= 0.6 is 22.9 Å². The number of likely N-dealkylation sites (N-methyl/N-ethyl adjacent to an activating group) is 1. The topological polar surface area (TPSA) is 63.7 Å². The highest BCUT2D eigenvalue weighted by molar-refractivity contribution is 7.91. The molecule has 1 aromatic heterocycles. The van der Waals surface area contributed by atoms with Gasteiger partial charge < -0.3 is 4.74 Å². The van der Waals surface area contributed by atoms with E-state index in [1.54, 1.807) is 0 Å². The second kappa shape index (κ2) is 5.13. The van der Waals surface area contributed by atoms with Crippen molar-refractivity contribution in [2.75, 3.05) is 20.7 Å². The molecular formula is C8H10ClNO4S2. The van der Waals surface area contributed by atoms with E-state index >= 15 is 0 Å². The molecule has 0 unspecified atom stereocenters. The van der Waals surface area contributed by atoms with Gasteiger partial charge in [0.15, 0.2) is 0 Å². The summed E-state index contributed by atoms with van der Waals surface area (Å²) < 4.78 is 29.5. The van der Waals surface area contributed by atoms with Crippen LogP contribution in [0.15, 0.2) is 16.3 Å². The SMILES string of the molecule is COC(=O)CN(C)S(=O)(=O)c1ccc(Cl)s1. The van der Waals surface area contributed by atoms with Gasteiger partial charge in [0.1, 0.15) is 10.8 Å². The molecule has 1 rings (SSSR count). The van der Waals surface area contributed by atoms with Crippen LogP contribution in [0, 0.1) is 0 Å². The van der Waals surface area contributed by atoms with Crippen LogP contribution in [0.3, 0.4) is 0 Å². The zero-order valence-electron chi connectivity index (χ0n) is 8.64. The van der Waals surface area contributed by atoms with Crippen molar-refractivity contribution >= 4 is 38.9 Å². The number of sulfonamides is 1. The molecule has 90 valence electrons. The Hall–Kier alpha value is -0.630.